The van der Waals surface area contributed by atoms with Gasteiger partial charge < -0.3 is 10.4 Å². The summed E-state index contributed by atoms with van der Waals surface area (Å²) in [5, 5.41) is 11.9. The van der Waals surface area contributed by atoms with Crippen LogP contribution >= 0.6 is 0 Å². The Balaban J connectivity index is 0.000000198. The van der Waals surface area contributed by atoms with Crippen molar-refractivity contribution in [3.63, 3.8) is 0 Å². The third-order valence-electron chi connectivity index (χ3n) is 6.46. The van der Waals surface area contributed by atoms with E-state index in [1.807, 2.05) is 13.8 Å². The van der Waals surface area contributed by atoms with Crippen LogP contribution in [0.4, 0.5) is 0 Å². The number of Topliss-reactive ketones (excluding diaryl/α,β-unsaturated/α-hetero) is 1. The van der Waals surface area contributed by atoms with Crippen LogP contribution in [0.5, 0.6) is 0 Å². The fourth-order valence-corrected chi connectivity index (χ4v) is 6.05. The molecule has 3 atom stereocenters. The number of nitrogens with one attached hydrogen (secondary N) is 1. The van der Waals surface area contributed by atoms with Crippen molar-refractivity contribution < 1.29 is 22.9 Å². The highest BCUT2D eigenvalue weighted by Crippen LogP contribution is 2.64. The van der Waals surface area contributed by atoms with E-state index in [4.69, 9.17) is 9.66 Å². The SMILES string of the molecule is CC1(C)C2CC[C@@]1(CS(=O)(=O)O)C(=O)C2.OCC[C@@H]1CCCCN1. The van der Waals surface area contributed by atoms with Crippen LogP contribution in [0.1, 0.15) is 58.8 Å². The minimum absolute atomic E-state index is 0.0152. The summed E-state index contributed by atoms with van der Waals surface area (Å²) in [6.07, 6.45) is 6.79. The molecule has 2 aliphatic carbocycles. The molecule has 3 rings (SSSR count). The van der Waals surface area contributed by atoms with Crippen LogP contribution in [0.25, 0.3) is 0 Å². The maximum absolute atomic E-state index is 11.9. The Kier molecular flexibility index (Phi) is 6.11. The number of ketones is 1. The van der Waals surface area contributed by atoms with Crippen LogP contribution in [0.3, 0.4) is 0 Å². The third-order valence-corrected chi connectivity index (χ3v) is 7.32. The molecule has 3 aliphatic rings. The predicted octanol–water partition coefficient (Wildman–Crippen LogP) is 1.78. The van der Waals surface area contributed by atoms with Gasteiger partial charge in [0.25, 0.3) is 10.1 Å². The molecule has 1 saturated heterocycles. The largest absolute Gasteiger partial charge is 0.396 e. The zero-order valence-electron chi connectivity index (χ0n) is 14.8. The van der Waals surface area contributed by atoms with Gasteiger partial charge in [0.1, 0.15) is 5.78 Å². The number of hydrogen-bond acceptors (Lipinski definition) is 5. The van der Waals surface area contributed by atoms with E-state index < -0.39 is 21.3 Å². The molecule has 0 aromatic rings. The lowest BCUT2D eigenvalue weighted by Gasteiger charge is -2.35. The average molecular weight is 362 g/mol. The Bertz CT molecular complexity index is 551. The zero-order valence-corrected chi connectivity index (χ0v) is 15.6. The number of aliphatic hydroxyl groups is 1. The van der Waals surface area contributed by atoms with Gasteiger partial charge in [0.2, 0.25) is 0 Å². The first kappa shape index (κ1) is 19.8. The van der Waals surface area contributed by atoms with E-state index in [-0.39, 0.29) is 17.1 Å². The number of hydrogen-bond donors (Lipinski definition) is 3. The van der Waals surface area contributed by atoms with Gasteiger partial charge in [-0.3, -0.25) is 9.35 Å². The van der Waals surface area contributed by atoms with E-state index >= 15 is 0 Å². The van der Waals surface area contributed by atoms with E-state index in [9.17, 15) is 13.2 Å². The summed E-state index contributed by atoms with van der Waals surface area (Å²) in [5.74, 6) is -0.101. The van der Waals surface area contributed by atoms with Gasteiger partial charge in [-0.1, -0.05) is 20.3 Å². The van der Waals surface area contributed by atoms with Gasteiger partial charge in [-0.2, -0.15) is 8.42 Å². The molecule has 0 spiro atoms. The Morgan fingerprint density at radius 2 is 1.96 bits per heavy atom. The average Bonchev–Trinajstić information content (AvgIpc) is 2.82. The standard InChI is InChI=1S/C10H16O4S.C7H15NO/c1-9(2)7-3-4-10(9,8(11)5-7)6-15(12,13)14;9-6-4-7-3-1-2-5-8-7/h7H,3-6H2,1-2H3,(H,12,13,14);7-9H,1-6H2/t7?,10-;7-/m10/s1. The quantitative estimate of drug-likeness (QED) is 0.660. The molecule has 1 unspecified atom stereocenters. The lowest BCUT2D eigenvalue weighted by atomic mass is 9.70. The van der Waals surface area contributed by atoms with Gasteiger partial charge in [-0.25, -0.2) is 0 Å². The number of carbonyl (C=O) groups is 1. The van der Waals surface area contributed by atoms with Crippen LogP contribution in [0.15, 0.2) is 0 Å². The molecule has 1 heterocycles. The Hall–Kier alpha value is -0.500. The van der Waals surface area contributed by atoms with E-state index in [1.54, 1.807) is 0 Å². The highest BCUT2D eigenvalue weighted by molar-refractivity contribution is 7.85. The van der Waals surface area contributed by atoms with Crippen molar-refractivity contribution in [3.8, 4) is 0 Å². The molecule has 3 fully saturated rings. The summed E-state index contributed by atoms with van der Waals surface area (Å²) >= 11 is 0. The van der Waals surface area contributed by atoms with Crippen molar-refractivity contribution in [1.82, 2.24) is 5.32 Å². The fourth-order valence-electron chi connectivity index (χ4n) is 4.75. The topological polar surface area (TPSA) is 104 Å². The highest BCUT2D eigenvalue weighted by Gasteiger charge is 2.65. The van der Waals surface area contributed by atoms with Gasteiger partial charge in [-0.05, 0) is 50.0 Å². The van der Waals surface area contributed by atoms with Gasteiger partial charge >= 0.3 is 0 Å². The molecule has 0 amide bonds. The van der Waals surface area contributed by atoms with E-state index in [0.717, 1.165) is 19.4 Å². The number of rotatable bonds is 4. The van der Waals surface area contributed by atoms with Gasteiger partial charge in [0.05, 0.1) is 11.2 Å². The minimum Gasteiger partial charge on any atom is -0.396 e. The molecule has 140 valence electrons. The maximum atomic E-state index is 11.9. The molecule has 2 bridgehead atoms. The van der Waals surface area contributed by atoms with E-state index in [1.165, 1.54) is 19.3 Å². The zero-order chi connectivity index (χ0) is 18.0. The van der Waals surface area contributed by atoms with Crippen molar-refractivity contribution in [2.75, 3.05) is 18.9 Å². The molecule has 6 nitrogen and oxygen atoms in total. The second-order valence-electron chi connectivity index (χ2n) is 8.05. The molecule has 7 heteroatoms. The number of carbonyl (C=O) groups excluding carboxylic acids is 1. The van der Waals surface area contributed by atoms with Crippen LogP contribution in [0, 0.1) is 16.7 Å². The Morgan fingerprint density at radius 1 is 1.25 bits per heavy atom. The van der Waals surface area contributed by atoms with E-state index in [2.05, 4.69) is 5.32 Å². The smallest absolute Gasteiger partial charge is 0.265 e. The number of aliphatic hydroxyl groups excluding tert-OH is 1. The lowest BCUT2D eigenvalue weighted by Crippen LogP contribution is -2.42. The molecule has 3 N–H and O–H groups in total. The summed E-state index contributed by atoms with van der Waals surface area (Å²) in [7, 11) is -4.08. The van der Waals surface area contributed by atoms with Gasteiger partial charge in [-0.15, -0.1) is 0 Å². The predicted molar refractivity (Wildman–Crippen MR) is 92.3 cm³/mol. The van der Waals surface area contributed by atoms with Crippen molar-refractivity contribution >= 4 is 15.9 Å². The lowest BCUT2D eigenvalue weighted by molar-refractivity contribution is -0.128. The molecular weight excluding hydrogens is 330 g/mol. The monoisotopic (exact) mass is 361 g/mol. The number of fused-ring (bicyclic) bond motifs is 2. The van der Waals surface area contributed by atoms with Gasteiger partial charge in [0, 0.05) is 19.1 Å². The molecule has 0 aromatic carbocycles. The van der Waals surface area contributed by atoms with Crippen molar-refractivity contribution in [1.29, 1.82) is 0 Å². The van der Waals surface area contributed by atoms with Gasteiger partial charge in [0.15, 0.2) is 0 Å². The van der Waals surface area contributed by atoms with E-state index in [0.29, 0.717) is 25.5 Å². The molecule has 0 radical (unpaired) electrons. The first-order valence-corrected chi connectivity index (χ1v) is 10.6. The van der Waals surface area contributed by atoms with Crippen LogP contribution in [0.2, 0.25) is 0 Å². The minimum atomic E-state index is -4.08. The van der Waals surface area contributed by atoms with Crippen molar-refractivity contribution in [2.45, 2.75) is 64.8 Å². The summed E-state index contributed by atoms with van der Waals surface area (Å²) in [5.41, 5.74) is -1.12. The summed E-state index contributed by atoms with van der Waals surface area (Å²) in [6.45, 7) is 5.36. The second-order valence-corrected chi connectivity index (χ2v) is 9.50. The summed E-state index contributed by atoms with van der Waals surface area (Å²) < 4.78 is 31.0. The first-order valence-electron chi connectivity index (χ1n) is 8.95. The Morgan fingerprint density at radius 3 is 2.38 bits per heavy atom. The summed E-state index contributed by atoms with van der Waals surface area (Å²) in [4.78, 5) is 11.9. The van der Waals surface area contributed by atoms with Crippen LogP contribution < -0.4 is 5.32 Å². The molecule has 24 heavy (non-hydrogen) atoms. The van der Waals surface area contributed by atoms with Crippen LogP contribution in [-0.4, -0.2) is 48.8 Å². The van der Waals surface area contributed by atoms with Crippen molar-refractivity contribution in [2.24, 2.45) is 16.7 Å². The Labute approximate surface area is 145 Å². The fraction of sp³-hybridized carbons (Fsp3) is 0.941. The molecule has 0 aromatic heterocycles. The van der Waals surface area contributed by atoms with Crippen molar-refractivity contribution in [3.05, 3.63) is 0 Å². The molecule has 2 saturated carbocycles. The summed E-state index contributed by atoms with van der Waals surface area (Å²) in [6, 6.07) is 0.601. The van der Waals surface area contributed by atoms with Crippen LogP contribution in [-0.2, 0) is 14.9 Å². The highest BCUT2D eigenvalue weighted by atomic mass is 32.2. The second kappa shape index (κ2) is 7.40. The number of piperidine rings is 1. The maximum Gasteiger partial charge on any atom is 0.265 e. The third kappa shape index (κ3) is 4.00. The first-order chi connectivity index (χ1) is 11.1. The molecular formula is C17H31NO5S. The normalized spacial score (nSPS) is 34.8. The molecule has 1 aliphatic heterocycles.